The standard InChI is InChI=1S/C24H20N2O2/c1-27-21-12-5-4-8-17(21)19-11-6-7-16-15-22(28-23(16)19)18-9-2-3-10-20(18)24-25-13-14-26-24/h2-12,15H,13-14H2,1H3,(H,25,26). The first kappa shape index (κ1) is 16.6. The van der Waals surface area contributed by atoms with E-state index in [9.17, 15) is 0 Å². The third kappa shape index (κ3) is 2.74. The van der Waals surface area contributed by atoms with Gasteiger partial charge in [0.15, 0.2) is 0 Å². The molecule has 0 amide bonds. The zero-order valence-electron chi connectivity index (χ0n) is 15.6. The number of amidine groups is 1. The van der Waals surface area contributed by atoms with Crippen molar-refractivity contribution in [1.29, 1.82) is 0 Å². The van der Waals surface area contributed by atoms with Gasteiger partial charge in [-0.1, -0.05) is 60.7 Å². The van der Waals surface area contributed by atoms with Gasteiger partial charge in [-0.05, 0) is 12.1 Å². The number of nitrogens with one attached hydrogen (secondary N) is 1. The molecular formula is C24H20N2O2. The Kier molecular flexibility index (Phi) is 4.09. The zero-order valence-corrected chi connectivity index (χ0v) is 15.6. The summed E-state index contributed by atoms with van der Waals surface area (Å²) in [5.74, 6) is 2.60. The van der Waals surface area contributed by atoms with Crippen LogP contribution in [0.15, 0.2) is 82.2 Å². The SMILES string of the molecule is COc1ccccc1-c1cccc2cc(-c3ccccc3C3=NCCN3)oc12. The lowest BCUT2D eigenvalue weighted by Crippen LogP contribution is -2.20. The Bertz CT molecular complexity index is 1190. The van der Waals surface area contributed by atoms with Gasteiger partial charge in [0, 0.05) is 34.2 Å². The maximum absolute atomic E-state index is 6.40. The second-order valence-corrected chi connectivity index (χ2v) is 6.74. The molecule has 0 saturated carbocycles. The van der Waals surface area contributed by atoms with Crippen LogP contribution in [0.5, 0.6) is 5.75 Å². The number of para-hydroxylation sites is 2. The van der Waals surface area contributed by atoms with Crippen molar-refractivity contribution in [1.82, 2.24) is 5.32 Å². The molecule has 0 unspecified atom stereocenters. The van der Waals surface area contributed by atoms with E-state index in [1.165, 1.54) is 0 Å². The number of nitrogens with zero attached hydrogens (tertiary/aromatic N) is 1. The van der Waals surface area contributed by atoms with Crippen LogP contribution in [0.2, 0.25) is 0 Å². The van der Waals surface area contributed by atoms with Crippen LogP contribution in [0, 0.1) is 0 Å². The summed E-state index contributed by atoms with van der Waals surface area (Å²) in [5.41, 5.74) is 5.01. The molecule has 0 spiro atoms. The van der Waals surface area contributed by atoms with E-state index in [0.717, 1.165) is 63.7 Å². The Morgan fingerprint density at radius 1 is 0.857 bits per heavy atom. The van der Waals surface area contributed by atoms with E-state index < -0.39 is 0 Å². The fourth-order valence-corrected chi connectivity index (χ4v) is 3.76. The number of benzene rings is 3. The summed E-state index contributed by atoms with van der Waals surface area (Å²) in [7, 11) is 1.69. The van der Waals surface area contributed by atoms with Crippen molar-refractivity contribution >= 4 is 16.8 Å². The number of furan rings is 1. The van der Waals surface area contributed by atoms with Gasteiger partial charge in [0.2, 0.25) is 0 Å². The monoisotopic (exact) mass is 368 g/mol. The lowest BCUT2D eigenvalue weighted by molar-refractivity contribution is 0.416. The van der Waals surface area contributed by atoms with E-state index in [4.69, 9.17) is 9.15 Å². The molecule has 0 atom stereocenters. The highest BCUT2D eigenvalue weighted by Crippen LogP contribution is 2.38. The predicted octanol–water partition coefficient (Wildman–Crippen LogP) is 5.13. The minimum atomic E-state index is 0.807. The van der Waals surface area contributed by atoms with Crippen LogP contribution in [-0.4, -0.2) is 26.0 Å². The first-order valence-electron chi connectivity index (χ1n) is 9.39. The highest BCUT2D eigenvalue weighted by Gasteiger charge is 2.18. The van der Waals surface area contributed by atoms with Gasteiger partial charge < -0.3 is 14.5 Å². The second kappa shape index (κ2) is 6.89. The molecule has 5 rings (SSSR count). The Morgan fingerprint density at radius 2 is 1.61 bits per heavy atom. The predicted molar refractivity (Wildman–Crippen MR) is 113 cm³/mol. The quantitative estimate of drug-likeness (QED) is 0.543. The first-order chi connectivity index (χ1) is 13.8. The van der Waals surface area contributed by atoms with Crippen molar-refractivity contribution in [3.05, 3.63) is 78.4 Å². The van der Waals surface area contributed by atoms with Gasteiger partial charge in [0.05, 0.1) is 13.7 Å². The van der Waals surface area contributed by atoms with E-state index in [1.807, 2.05) is 30.3 Å². The molecule has 0 saturated heterocycles. The molecule has 0 radical (unpaired) electrons. The lowest BCUT2D eigenvalue weighted by Gasteiger charge is -2.09. The second-order valence-electron chi connectivity index (χ2n) is 6.74. The maximum Gasteiger partial charge on any atom is 0.142 e. The zero-order chi connectivity index (χ0) is 18.9. The van der Waals surface area contributed by atoms with Crippen molar-refractivity contribution in [2.45, 2.75) is 0 Å². The van der Waals surface area contributed by atoms with Gasteiger partial charge in [0.25, 0.3) is 0 Å². The first-order valence-corrected chi connectivity index (χ1v) is 9.39. The van der Waals surface area contributed by atoms with Crippen molar-refractivity contribution in [3.8, 4) is 28.2 Å². The van der Waals surface area contributed by atoms with Gasteiger partial charge in [-0.2, -0.15) is 0 Å². The maximum atomic E-state index is 6.40. The molecule has 1 aromatic heterocycles. The number of ether oxygens (including phenoxy) is 1. The van der Waals surface area contributed by atoms with Crippen LogP contribution >= 0.6 is 0 Å². The molecule has 0 fully saturated rings. The number of fused-ring (bicyclic) bond motifs is 1. The Hall–Kier alpha value is -3.53. The van der Waals surface area contributed by atoms with E-state index in [1.54, 1.807) is 7.11 Å². The number of aliphatic imine (C=N–C) groups is 1. The van der Waals surface area contributed by atoms with Crippen molar-refractivity contribution in [2.24, 2.45) is 4.99 Å². The third-order valence-electron chi connectivity index (χ3n) is 5.06. The van der Waals surface area contributed by atoms with E-state index in [-0.39, 0.29) is 0 Å². The van der Waals surface area contributed by atoms with Crippen LogP contribution < -0.4 is 10.1 Å². The minimum absolute atomic E-state index is 0.807. The van der Waals surface area contributed by atoms with Crippen LogP contribution in [0.1, 0.15) is 5.56 Å². The highest BCUT2D eigenvalue weighted by atomic mass is 16.5. The highest BCUT2D eigenvalue weighted by molar-refractivity contribution is 6.06. The Balaban J connectivity index is 1.69. The van der Waals surface area contributed by atoms with E-state index >= 15 is 0 Å². The number of hydrogen-bond acceptors (Lipinski definition) is 4. The third-order valence-corrected chi connectivity index (χ3v) is 5.06. The summed E-state index contributed by atoms with van der Waals surface area (Å²) in [6.45, 7) is 1.68. The fraction of sp³-hybridized carbons (Fsp3) is 0.125. The lowest BCUT2D eigenvalue weighted by atomic mass is 10.0. The van der Waals surface area contributed by atoms with Gasteiger partial charge in [0.1, 0.15) is 22.9 Å². The molecule has 4 heteroatoms. The summed E-state index contributed by atoms with van der Waals surface area (Å²) in [4.78, 5) is 4.58. The molecule has 2 heterocycles. The normalized spacial score (nSPS) is 13.4. The molecule has 1 aliphatic heterocycles. The molecule has 1 aliphatic rings. The molecule has 138 valence electrons. The van der Waals surface area contributed by atoms with Gasteiger partial charge in [-0.25, -0.2) is 0 Å². The van der Waals surface area contributed by atoms with Crippen molar-refractivity contribution in [3.63, 3.8) is 0 Å². The van der Waals surface area contributed by atoms with E-state index in [0.29, 0.717) is 0 Å². The largest absolute Gasteiger partial charge is 0.496 e. The molecule has 4 aromatic rings. The summed E-state index contributed by atoms with van der Waals surface area (Å²) in [5, 5.41) is 4.43. The molecule has 0 aliphatic carbocycles. The van der Waals surface area contributed by atoms with Crippen LogP contribution in [0.25, 0.3) is 33.4 Å². The van der Waals surface area contributed by atoms with Gasteiger partial charge in [-0.3, -0.25) is 4.99 Å². The van der Waals surface area contributed by atoms with Crippen LogP contribution in [0.4, 0.5) is 0 Å². The fourth-order valence-electron chi connectivity index (χ4n) is 3.76. The molecule has 3 aromatic carbocycles. The van der Waals surface area contributed by atoms with Crippen LogP contribution in [-0.2, 0) is 0 Å². The summed E-state index contributed by atoms with van der Waals surface area (Å²) in [6.07, 6.45) is 0. The number of rotatable bonds is 4. The average molecular weight is 368 g/mol. The molecule has 0 bridgehead atoms. The molecule has 4 nitrogen and oxygen atoms in total. The summed E-state index contributed by atoms with van der Waals surface area (Å²) < 4.78 is 12.0. The Labute approximate surface area is 163 Å². The van der Waals surface area contributed by atoms with Crippen molar-refractivity contribution in [2.75, 3.05) is 20.2 Å². The summed E-state index contributed by atoms with van der Waals surface area (Å²) >= 11 is 0. The van der Waals surface area contributed by atoms with Crippen molar-refractivity contribution < 1.29 is 9.15 Å². The number of hydrogen-bond donors (Lipinski definition) is 1. The Morgan fingerprint density at radius 3 is 2.39 bits per heavy atom. The average Bonchev–Trinajstić information content (AvgIpc) is 3.43. The topological polar surface area (TPSA) is 46.8 Å². The van der Waals surface area contributed by atoms with Gasteiger partial charge >= 0.3 is 0 Å². The summed E-state index contributed by atoms with van der Waals surface area (Å²) in [6, 6.07) is 24.5. The van der Waals surface area contributed by atoms with Gasteiger partial charge in [-0.15, -0.1) is 0 Å². The minimum Gasteiger partial charge on any atom is -0.496 e. The molecule has 28 heavy (non-hydrogen) atoms. The number of methoxy groups -OCH3 is 1. The molecular weight excluding hydrogens is 348 g/mol. The molecule has 1 N–H and O–H groups in total. The smallest absolute Gasteiger partial charge is 0.142 e. The van der Waals surface area contributed by atoms with E-state index in [2.05, 4.69) is 52.8 Å². The van der Waals surface area contributed by atoms with Crippen LogP contribution in [0.3, 0.4) is 0 Å².